The summed E-state index contributed by atoms with van der Waals surface area (Å²) in [6, 6.07) is 18.5. The molecular formula is C22H21N3O. The fraction of sp³-hybridized carbons (Fsp3) is 0.227. The van der Waals surface area contributed by atoms with Crippen molar-refractivity contribution in [2.45, 2.75) is 26.3 Å². The molecule has 4 rings (SSSR count). The minimum Gasteiger partial charge on any atom is -0.334 e. The Labute approximate surface area is 153 Å². The number of carbonyl (C=O) groups is 1. The lowest BCUT2D eigenvalue weighted by Crippen LogP contribution is -2.36. The van der Waals surface area contributed by atoms with Crippen molar-refractivity contribution in [2.75, 3.05) is 6.54 Å². The van der Waals surface area contributed by atoms with Crippen LogP contribution in [0.4, 0.5) is 0 Å². The molecule has 0 N–H and O–H groups in total. The second-order valence-electron chi connectivity index (χ2n) is 6.69. The van der Waals surface area contributed by atoms with Crippen LogP contribution in [0.1, 0.15) is 38.6 Å². The summed E-state index contributed by atoms with van der Waals surface area (Å²) in [6.07, 6.45) is 3.25. The first-order valence-electron chi connectivity index (χ1n) is 8.93. The molecule has 2 aromatic carbocycles. The third-order valence-electron chi connectivity index (χ3n) is 4.88. The quantitative estimate of drug-likeness (QED) is 0.730. The number of nitrogens with zero attached hydrogens (tertiary/aromatic N) is 3. The zero-order valence-corrected chi connectivity index (χ0v) is 14.9. The van der Waals surface area contributed by atoms with Crippen LogP contribution in [0.25, 0.3) is 0 Å². The Kier molecular flexibility index (Phi) is 4.48. The van der Waals surface area contributed by atoms with Crippen LogP contribution < -0.4 is 0 Å². The smallest absolute Gasteiger partial charge is 0.257 e. The molecule has 0 bridgehead atoms. The van der Waals surface area contributed by atoms with E-state index in [1.807, 2.05) is 36.1 Å². The van der Waals surface area contributed by atoms with Crippen LogP contribution >= 0.6 is 0 Å². The molecule has 26 heavy (non-hydrogen) atoms. The maximum atomic E-state index is 12.9. The number of hydrogen-bond donors (Lipinski definition) is 0. The van der Waals surface area contributed by atoms with E-state index >= 15 is 0 Å². The molecular weight excluding hydrogens is 322 g/mol. The number of hydrogen-bond acceptors (Lipinski definition) is 3. The summed E-state index contributed by atoms with van der Waals surface area (Å²) in [5.41, 5.74) is 5.07. The Balaban J connectivity index is 1.52. The number of aromatic nitrogens is 2. The lowest BCUT2D eigenvalue weighted by Gasteiger charge is -2.29. The van der Waals surface area contributed by atoms with Gasteiger partial charge in [-0.3, -0.25) is 4.79 Å². The molecule has 0 atom stereocenters. The first-order valence-corrected chi connectivity index (χ1v) is 8.93. The maximum absolute atomic E-state index is 12.9. The van der Waals surface area contributed by atoms with Crippen LogP contribution in [-0.4, -0.2) is 27.3 Å². The van der Waals surface area contributed by atoms with Gasteiger partial charge in [0.2, 0.25) is 0 Å². The van der Waals surface area contributed by atoms with Gasteiger partial charge in [-0.1, -0.05) is 54.6 Å². The standard InChI is InChI=1S/C22H21N3O/c1-16-20(14-23-21(24-16)13-17-7-3-2-4-8-17)22(26)25-12-11-18-9-5-6-10-19(18)15-25/h2-10,14H,11-13,15H2,1H3. The predicted octanol–water partition coefficient (Wildman–Crippen LogP) is 3.57. The van der Waals surface area contributed by atoms with Gasteiger partial charge in [0.15, 0.2) is 0 Å². The summed E-state index contributed by atoms with van der Waals surface area (Å²) in [5, 5.41) is 0. The SMILES string of the molecule is Cc1nc(Cc2ccccc2)ncc1C(=O)N1CCc2ccccc2C1. The summed E-state index contributed by atoms with van der Waals surface area (Å²) < 4.78 is 0. The lowest BCUT2D eigenvalue weighted by atomic mass is 9.99. The molecule has 0 saturated carbocycles. The van der Waals surface area contributed by atoms with Crippen molar-refractivity contribution in [3.05, 3.63) is 94.6 Å². The summed E-state index contributed by atoms with van der Waals surface area (Å²) in [4.78, 5) is 23.8. The first kappa shape index (κ1) is 16.5. The summed E-state index contributed by atoms with van der Waals surface area (Å²) in [5.74, 6) is 0.762. The molecule has 0 saturated heterocycles. The summed E-state index contributed by atoms with van der Waals surface area (Å²) in [6.45, 7) is 3.28. The maximum Gasteiger partial charge on any atom is 0.257 e. The second kappa shape index (κ2) is 7.08. The fourth-order valence-corrected chi connectivity index (χ4v) is 3.43. The third kappa shape index (κ3) is 3.36. The fourth-order valence-electron chi connectivity index (χ4n) is 3.43. The molecule has 1 amide bonds. The Morgan fingerprint density at radius 3 is 2.54 bits per heavy atom. The molecule has 130 valence electrons. The highest BCUT2D eigenvalue weighted by Gasteiger charge is 2.23. The number of benzene rings is 2. The van der Waals surface area contributed by atoms with Gasteiger partial charge in [0.1, 0.15) is 5.82 Å². The van der Waals surface area contributed by atoms with Gasteiger partial charge in [0.05, 0.1) is 11.3 Å². The molecule has 2 heterocycles. The van der Waals surface area contributed by atoms with E-state index in [0.717, 1.165) is 24.5 Å². The number of aryl methyl sites for hydroxylation is 1. The average molecular weight is 343 g/mol. The van der Waals surface area contributed by atoms with Crippen molar-refractivity contribution < 1.29 is 4.79 Å². The molecule has 0 fully saturated rings. The minimum atomic E-state index is 0.0169. The van der Waals surface area contributed by atoms with Crippen LogP contribution in [0.5, 0.6) is 0 Å². The predicted molar refractivity (Wildman–Crippen MR) is 101 cm³/mol. The number of fused-ring (bicyclic) bond motifs is 1. The number of carbonyl (C=O) groups excluding carboxylic acids is 1. The number of amides is 1. The van der Waals surface area contributed by atoms with E-state index < -0.39 is 0 Å². The molecule has 4 heteroatoms. The Morgan fingerprint density at radius 2 is 1.77 bits per heavy atom. The molecule has 1 aliphatic rings. The Hall–Kier alpha value is -3.01. The average Bonchev–Trinajstić information content (AvgIpc) is 2.68. The largest absolute Gasteiger partial charge is 0.334 e. The highest BCUT2D eigenvalue weighted by atomic mass is 16.2. The van der Waals surface area contributed by atoms with Crippen molar-refractivity contribution in [2.24, 2.45) is 0 Å². The molecule has 4 nitrogen and oxygen atoms in total. The second-order valence-corrected chi connectivity index (χ2v) is 6.69. The van der Waals surface area contributed by atoms with Gasteiger partial charge in [-0.2, -0.15) is 0 Å². The Bertz CT molecular complexity index is 937. The van der Waals surface area contributed by atoms with Crippen molar-refractivity contribution >= 4 is 5.91 Å². The summed E-state index contributed by atoms with van der Waals surface area (Å²) in [7, 11) is 0. The van der Waals surface area contributed by atoms with Crippen molar-refractivity contribution in [1.82, 2.24) is 14.9 Å². The molecule has 1 aromatic heterocycles. The van der Waals surface area contributed by atoms with Crippen LogP contribution in [0.2, 0.25) is 0 Å². The molecule has 0 aliphatic carbocycles. The van der Waals surface area contributed by atoms with Gasteiger partial charge in [0, 0.05) is 25.7 Å². The molecule has 1 aliphatic heterocycles. The topological polar surface area (TPSA) is 46.1 Å². The van der Waals surface area contributed by atoms with E-state index in [2.05, 4.69) is 40.3 Å². The Morgan fingerprint density at radius 1 is 1.04 bits per heavy atom. The van der Waals surface area contributed by atoms with E-state index in [1.54, 1.807) is 6.20 Å². The van der Waals surface area contributed by atoms with Gasteiger partial charge < -0.3 is 4.90 Å². The molecule has 0 unspecified atom stereocenters. The van der Waals surface area contributed by atoms with Crippen molar-refractivity contribution in [1.29, 1.82) is 0 Å². The van der Waals surface area contributed by atoms with E-state index in [0.29, 0.717) is 18.5 Å². The van der Waals surface area contributed by atoms with E-state index in [9.17, 15) is 4.79 Å². The van der Waals surface area contributed by atoms with Gasteiger partial charge in [0.25, 0.3) is 5.91 Å². The van der Waals surface area contributed by atoms with Gasteiger partial charge in [-0.15, -0.1) is 0 Å². The highest BCUT2D eigenvalue weighted by molar-refractivity contribution is 5.95. The molecule has 0 spiro atoms. The highest BCUT2D eigenvalue weighted by Crippen LogP contribution is 2.21. The van der Waals surface area contributed by atoms with Crippen molar-refractivity contribution in [3.8, 4) is 0 Å². The van der Waals surface area contributed by atoms with Crippen LogP contribution in [0.3, 0.4) is 0 Å². The minimum absolute atomic E-state index is 0.0169. The monoisotopic (exact) mass is 343 g/mol. The first-order chi connectivity index (χ1) is 12.7. The van der Waals surface area contributed by atoms with Gasteiger partial charge in [-0.05, 0) is 30.0 Å². The van der Waals surface area contributed by atoms with E-state index in [1.165, 1.54) is 16.7 Å². The van der Waals surface area contributed by atoms with Crippen LogP contribution in [0, 0.1) is 6.92 Å². The van der Waals surface area contributed by atoms with Crippen LogP contribution in [0.15, 0.2) is 60.8 Å². The molecule has 3 aromatic rings. The van der Waals surface area contributed by atoms with Gasteiger partial charge >= 0.3 is 0 Å². The normalized spacial score (nSPS) is 13.3. The summed E-state index contributed by atoms with van der Waals surface area (Å²) >= 11 is 0. The molecule has 0 radical (unpaired) electrons. The van der Waals surface area contributed by atoms with E-state index in [-0.39, 0.29) is 5.91 Å². The number of rotatable bonds is 3. The van der Waals surface area contributed by atoms with Crippen molar-refractivity contribution in [3.63, 3.8) is 0 Å². The lowest BCUT2D eigenvalue weighted by molar-refractivity contribution is 0.0733. The third-order valence-corrected chi connectivity index (χ3v) is 4.88. The van der Waals surface area contributed by atoms with E-state index in [4.69, 9.17) is 0 Å². The van der Waals surface area contributed by atoms with Crippen LogP contribution in [-0.2, 0) is 19.4 Å². The van der Waals surface area contributed by atoms with Gasteiger partial charge in [-0.25, -0.2) is 9.97 Å². The zero-order chi connectivity index (χ0) is 17.9. The zero-order valence-electron chi connectivity index (χ0n) is 14.9.